The molecule has 150 valence electrons. The van der Waals surface area contributed by atoms with E-state index in [-0.39, 0.29) is 6.61 Å². The first kappa shape index (κ1) is 19.7. The van der Waals surface area contributed by atoms with Crippen molar-refractivity contribution in [3.8, 4) is 0 Å². The Bertz CT molecular complexity index is 807. The van der Waals surface area contributed by atoms with Gasteiger partial charge in [-0.25, -0.2) is 4.39 Å². The average Bonchev–Trinajstić information content (AvgIpc) is 3.03. The Kier molecular flexibility index (Phi) is 5.74. The number of hydrogen-bond donors (Lipinski definition) is 2. The Morgan fingerprint density at radius 2 is 1.17 bits per heavy atom. The van der Waals surface area contributed by atoms with Crippen molar-refractivity contribution < 1.29 is 24.1 Å². The zero-order valence-electron chi connectivity index (χ0n) is 15.8. The quantitative estimate of drug-likeness (QED) is 0.629. The van der Waals surface area contributed by atoms with Gasteiger partial charge in [-0.15, -0.1) is 0 Å². The Balaban J connectivity index is 1.80. The molecule has 2 N–H and O–H groups in total. The maximum atomic E-state index is 14.4. The molecule has 0 spiro atoms. The van der Waals surface area contributed by atoms with Gasteiger partial charge in [-0.3, -0.25) is 0 Å². The van der Waals surface area contributed by atoms with Gasteiger partial charge in [-0.2, -0.15) is 0 Å². The first-order valence-corrected chi connectivity index (χ1v) is 9.59. The fourth-order valence-electron chi connectivity index (χ4n) is 3.82. The molecule has 29 heavy (non-hydrogen) atoms. The van der Waals surface area contributed by atoms with E-state index in [2.05, 4.69) is 0 Å². The van der Waals surface area contributed by atoms with Crippen molar-refractivity contribution in [1.82, 2.24) is 0 Å². The van der Waals surface area contributed by atoms with Crippen LogP contribution in [-0.4, -0.2) is 41.5 Å². The Labute approximate surface area is 169 Å². The summed E-state index contributed by atoms with van der Waals surface area (Å²) in [6, 6.07) is 29.1. The van der Waals surface area contributed by atoms with E-state index in [9.17, 15) is 14.6 Å². The van der Waals surface area contributed by atoms with E-state index in [1.807, 2.05) is 91.0 Å². The van der Waals surface area contributed by atoms with Crippen LogP contribution in [0.15, 0.2) is 91.0 Å². The zero-order valence-corrected chi connectivity index (χ0v) is 15.8. The lowest BCUT2D eigenvalue weighted by Crippen LogP contribution is -2.38. The van der Waals surface area contributed by atoms with Gasteiger partial charge >= 0.3 is 0 Å². The molecule has 0 aromatic heterocycles. The molecular weight excluding hydrogens is 371 g/mol. The summed E-state index contributed by atoms with van der Waals surface area (Å²) in [5, 5.41) is 19.4. The summed E-state index contributed by atoms with van der Waals surface area (Å²) in [7, 11) is 0. The molecule has 0 saturated carbocycles. The SMILES string of the molecule is O[C@H]1[C@@H](F)[C@@H](COC(c2ccccc2)(c2ccccc2)c2ccccc2)O[C@H]1O. The molecule has 0 amide bonds. The number of aliphatic hydroxyl groups excluding tert-OH is 2. The lowest BCUT2D eigenvalue weighted by atomic mass is 9.80. The summed E-state index contributed by atoms with van der Waals surface area (Å²) >= 11 is 0. The van der Waals surface area contributed by atoms with Crippen molar-refractivity contribution in [3.63, 3.8) is 0 Å². The molecule has 1 aliphatic heterocycles. The first-order valence-electron chi connectivity index (χ1n) is 9.59. The number of benzene rings is 3. The fraction of sp³-hybridized carbons (Fsp3) is 0.250. The maximum absolute atomic E-state index is 14.4. The number of hydrogen-bond acceptors (Lipinski definition) is 4. The molecule has 5 heteroatoms. The summed E-state index contributed by atoms with van der Waals surface area (Å²) < 4.78 is 26.0. The monoisotopic (exact) mass is 394 g/mol. The average molecular weight is 394 g/mol. The molecule has 3 aromatic rings. The van der Waals surface area contributed by atoms with Crippen molar-refractivity contribution in [3.05, 3.63) is 108 Å². The molecule has 0 unspecified atom stereocenters. The van der Waals surface area contributed by atoms with Gasteiger partial charge in [0.2, 0.25) is 0 Å². The van der Waals surface area contributed by atoms with E-state index in [0.717, 1.165) is 16.7 Å². The molecule has 1 saturated heterocycles. The maximum Gasteiger partial charge on any atom is 0.184 e. The molecule has 4 nitrogen and oxygen atoms in total. The lowest BCUT2D eigenvalue weighted by molar-refractivity contribution is -0.145. The fourth-order valence-corrected chi connectivity index (χ4v) is 3.82. The minimum Gasteiger partial charge on any atom is -0.385 e. The number of ether oxygens (including phenoxy) is 2. The van der Waals surface area contributed by atoms with Crippen LogP contribution in [-0.2, 0) is 15.1 Å². The van der Waals surface area contributed by atoms with Crippen LogP contribution in [0.1, 0.15) is 16.7 Å². The van der Waals surface area contributed by atoms with Gasteiger partial charge in [-0.1, -0.05) is 91.0 Å². The highest BCUT2D eigenvalue weighted by Gasteiger charge is 2.46. The Morgan fingerprint density at radius 1 is 0.759 bits per heavy atom. The van der Waals surface area contributed by atoms with Crippen LogP contribution in [0.25, 0.3) is 0 Å². The predicted molar refractivity (Wildman–Crippen MR) is 107 cm³/mol. The largest absolute Gasteiger partial charge is 0.385 e. The van der Waals surface area contributed by atoms with E-state index in [4.69, 9.17) is 9.47 Å². The van der Waals surface area contributed by atoms with E-state index in [0.29, 0.717) is 0 Å². The second kappa shape index (κ2) is 8.43. The number of rotatable bonds is 6. The molecule has 1 aliphatic rings. The number of halogens is 1. The van der Waals surface area contributed by atoms with Gasteiger partial charge in [0.15, 0.2) is 12.5 Å². The van der Waals surface area contributed by atoms with Gasteiger partial charge in [0.05, 0.1) is 6.61 Å². The van der Waals surface area contributed by atoms with Crippen molar-refractivity contribution >= 4 is 0 Å². The van der Waals surface area contributed by atoms with Crippen LogP contribution >= 0.6 is 0 Å². The molecular formula is C24H23FO4. The van der Waals surface area contributed by atoms with Crippen LogP contribution in [0, 0.1) is 0 Å². The van der Waals surface area contributed by atoms with Crippen molar-refractivity contribution in [1.29, 1.82) is 0 Å². The van der Waals surface area contributed by atoms with Gasteiger partial charge < -0.3 is 19.7 Å². The molecule has 0 radical (unpaired) electrons. The Morgan fingerprint density at radius 3 is 1.52 bits per heavy atom. The second-order valence-electron chi connectivity index (χ2n) is 7.09. The van der Waals surface area contributed by atoms with Crippen LogP contribution in [0.4, 0.5) is 4.39 Å². The molecule has 1 fully saturated rings. The third-order valence-corrected chi connectivity index (χ3v) is 5.29. The van der Waals surface area contributed by atoms with E-state index >= 15 is 0 Å². The molecule has 0 bridgehead atoms. The van der Waals surface area contributed by atoms with Crippen molar-refractivity contribution in [2.45, 2.75) is 30.3 Å². The molecule has 4 rings (SSSR count). The Hall–Kier alpha value is -2.57. The minimum absolute atomic E-state index is 0.145. The highest BCUT2D eigenvalue weighted by Crippen LogP contribution is 2.41. The summed E-state index contributed by atoms with van der Waals surface area (Å²) in [4.78, 5) is 0. The smallest absolute Gasteiger partial charge is 0.184 e. The standard InChI is InChI=1S/C24H23FO4/c25-21-20(29-23(27)22(21)26)16-28-24(17-10-4-1-5-11-17,18-12-6-2-7-13-18)19-14-8-3-9-15-19/h1-15,20-23,26-27H,16H2/t20-,21+,22+,23-/m1/s1. The third-order valence-electron chi connectivity index (χ3n) is 5.29. The molecule has 3 aromatic carbocycles. The molecule has 4 atom stereocenters. The number of aliphatic hydroxyl groups is 2. The summed E-state index contributed by atoms with van der Waals surface area (Å²) in [5.41, 5.74) is 1.64. The zero-order chi connectivity index (χ0) is 20.3. The second-order valence-corrected chi connectivity index (χ2v) is 7.09. The van der Waals surface area contributed by atoms with Crippen LogP contribution in [0.3, 0.4) is 0 Å². The van der Waals surface area contributed by atoms with Crippen LogP contribution in [0.2, 0.25) is 0 Å². The normalized spacial score (nSPS) is 24.5. The van der Waals surface area contributed by atoms with Gasteiger partial charge in [0.25, 0.3) is 0 Å². The highest BCUT2D eigenvalue weighted by atomic mass is 19.1. The lowest BCUT2D eigenvalue weighted by Gasteiger charge is -2.36. The van der Waals surface area contributed by atoms with Crippen LogP contribution in [0.5, 0.6) is 0 Å². The van der Waals surface area contributed by atoms with E-state index in [1.165, 1.54) is 0 Å². The first-order chi connectivity index (χ1) is 14.1. The molecule has 0 aliphatic carbocycles. The summed E-state index contributed by atoms with van der Waals surface area (Å²) in [6.45, 7) is -0.145. The van der Waals surface area contributed by atoms with E-state index < -0.39 is 30.3 Å². The van der Waals surface area contributed by atoms with Crippen LogP contribution < -0.4 is 0 Å². The summed E-state index contributed by atoms with van der Waals surface area (Å²) in [6.07, 6.45) is -5.94. The van der Waals surface area contributed by atoms with Gasteiger partial charge in [0.1, 0.15) is 17.8 Å². The molecule has 1 heterocycles. The predicted octanol–water partition coefficient (Wildman–Crippen LogP) is 3.41. The summed E-state index contributed by atoms with van der Waals surface area (Å²) in [5.74, 6) is 0. The third kappa shape index (κ3) is 3.70. The minimum atomic E-state index is -1.73. The van der Waals surface area contributed by atoms with E-state index in [1.54, 1.807) is 0 Å². The number of alkyl halides is 1. The van der Waals surface area contributed by atoms with Gasteiger partial charge in [0, 0.05) is 0 Å². The van der Waals surface area contributed by atoms with Gasteiger partial charge in [-0.05, 0) is 16.7 Å². The topological polar surface area (TPSA) is 58.9 Å². The van der Waals surface area contributed by atoms with Crippen molar-refractivity contribution in [2.75, 3.05) is 6.61 Å². The van der Waals surface area contributed by atoms with Crippen molar-refractivity contribution in [2.24, 2.45) is 0 Å². The highest BCUT2D eigenvalue weighted by molar-refractivity contribution is 5.47.